The Morgan fingerprint density at radius 2 is 2.12 bits per heavy atom. The Morgan fingerprint density at radius 3 is 2.25 bits per heavy atom. The third-order valence-corrected chi connectivity index (χ3v) is 1.64. The van der Waals surface area contributed by atoms with Crippen LogP contribution in [0.15, 0.2) is 0 Å². The van der Waals surface area contributed by atoms with Gasteiger partial charge in [-0.15, -0.1) is 0 Å². The minimum absolute atomic E-state index is 0.0394. The lowest BCUT2D eigenvalue weighted by molar-refractivity contribution is 0.128. The van der Waals surface area contributed by atoms with Crippen molar-refractivity contribution in [1.82, 2.24) is 0 Å². The fraction of sp³-hybridized carbons (Fsp3) is 1.00. The van der Waals surface area contributed by atoms with E-state index in [2.05, 4.69) is 0 Å². The summed E-state index contributed by atoms with van der Waals surface area (Å²) in [6.45, 7) is 1.85. The highest BCUT2D eigenvalue weighted by Crippen LogP contribution is 2.33. The molecular formula is C6H13NO. The topological polar surface area (TPSA) is 46.2 Å². The van der Waals surface area contributed by atoms with Crippen molar-refractivity contribution in [3.63, 3.8) is 0 Å². The van der Waals surface area contributed by atoms with Gasteiger partial charge in [0.2, 0.25) is 0 Å². The van der Waals surface area contributed by atoms with E-state index in [9.17, 15) is 0 Å². The standard InChI is InChI=1S/C6H13NO/c1-4(7)6(8)5-2-3-5/h4-6,8H,2-3,7H2,1H3/t4-,6-/m1/s1. The third-order valence-electron chi connectivity index (χ3n) is 1.64. The maximum Gasteiger partial charge on any atom is 0.0716 e. The molecule has 0 saturated heterocycles. The molecule has 48 valence electrons. The molecule has 2 nitrogen and oxygen atoms in total. The van der Waals surface area contributed by atoms with E-state index in [4.69, 9.17) is 10.8 Å². The second-order valence-corrected chi connectivity index (χ2v) is 2.69. The van der Waals surface area contributed by atoms with Crippen LogP contribution in [0.3, 0.4) is 0 Å². The summed E-state index contributed by atoms with van der Waals surface area (Å²) in [5, 5.41) is 9.14. The molecule has 0 spiro atoms. The fourth-order valence-corrected chi connectivity index (χ4v) is 0.867. The van der Waals surface area contributed by atoms with E-state index in [1.54, 1.807) is 0 Å². The van der Waals surface area contributed by atoms with Crippen molar-refractivity contribution in [1.29, 1.82) is 0 Å². The van der Waals surface area contributed by atoms with Crippen LogP contribution in [-0.4, -0.2) is 17.3 Å². The summed E-state index contributed by atoms with van der Waals surface area (Å²) in [5.41, 5.74) is 5.43. The Kier molecular flexibility index (Phi) is 1.54. The van der Waals surface area contributed by atoms with Crippen LogP contribution >= 0.6 is 0 Å². The van der Waals surface area contributed by atoms with Gasteiger partial charge in [0.1, 0.15) is 0 Å². The monoisotopic (exact) mass is 115 g/mol. The number of hydrogen-bond donors (Lipinski definition) is 2. The summed E-state index contributed by atoms with van der Waals surface area (Å²) < 4.78 is 0. The van der Waals surface area contributed by atoms with Crippen LogP contribution in [0.1, 0.15) is 19.8 Å². The van der Waals surface area contributed by atoms with E-state index in [0.717, 1.165) is 0 Å². The maximum atomic E-state index is 9.14. The van der Waals surface area contributed by atoms with Crippen molar-refractivity contribution in [2.75, 3.05) is 0 Å². The van der Waals surface area contributed by atoms with Crippen LogP contribution in [0.25, 0.3) is 0 Å². The Labute approximate surface area is 49.7 Å². The van der Waals surface area contributed by atoms with Crippen molar-refractivity contribution in [2.45, 2.75) is 31.9 Å². The molecule has 0 unspecified atom stereocenters. The first-order valence-corrected chi connectivity index (χ1v) is 3.15. The average Bonchev–Trinajstić information content (AvgIpc) is 2.43. The summed E-state index contributed by atoms with van der Waals surface area (Å²) in [5.74, 6) is 0.523. The predicted molar refractivity (Wildman–Crippen MR) is 32.4 cm³/mol. The first kappa shape index (κ1) is 6.05. The lowest BCUT2D eigenvalue weighted by Crippen LogP contribution is -2.32. The Morgan fingerprint density at radius 1 is 1.62 bits per heavy atom. The molecule has 1 rings (SSSR count). The van der Waals surface area contributed by atoms with Gasteiger partial charge in [-0.2, -0.15) is 0 Å². The van der Waals surface area contributed by atoms with Gasteiger partial charge in [-0.3, -0.25) is 0 Å². The normalized spacial score (nSPS) is 27.4. The van der Waals surface area contributed by atoms with E-state index >= 15 is 0 Å². The van der Waals surface area contributed by atoms with E-state index in [-0.39, 0.29) is 12.1 Å². The highest BCUT2D eigenvalue weighted by molar-refractivity contribution is 4.85. The molecule has 3 N–H and O–H groups in total. The minimum atomic E-state index is -0.241. The van der Waals surface area contributed by atoms with Crippen LogP contribution in [0.2, 0.25) is 0 Å². The molecule has 2 heteroatoms. The molecule has 2 atom stereocenters. The van der Waals surface area contributed by atoms with Crippen LogP contribution in [0.5, 0.6) is 0 Å². The van der Waals surface area contributed by atoms with Crippen molar-refractivity contribution >= 4 is 0 Å². The number of aliphatic hydroxyl groups is 1. The molecule has 0 aliphatic heterocycles. The molecule has 0 heterocycles. The third kappa shape index (κ3) is 1.20. The molecule has 0 bridgehead atoms. The van der Waals surface area contributed by atoms with E-state index in [0.29, 0.717) is 5.92 Å². The van der Waals surface area contributed by atoms with Crippen LogP contribution < -0.4 is 5.73 Å². The van der Waals surface area contributed by atoms with Gasteiger partial charge in [-0.25, -0.2) is 0 Å². The number of nitrogens with two attached hydrogens (primary N) is 1. The lowest BCUT2D eigenvalue weighted by atomic mass is 10.1. The van der Waals surface area contributed by atoms with Gasteiger partial charge in [0.25, 0.3) is 0 Å². The van der Waals surface area contributed by atoms with E-state index in [1.807, 2.05) is 6.92 Å². The molecule has 0 aromatic rings. The summed E-state index contributed by atoms with van der Waals surface area (Å²) in [4.78, 5) is 0. The highest BCUT2D eigenvalue weighted by atomic mass is 16.3. The maximum absolute atomic E-state index is 9.14. The molecule has 0 aromatic heterocycles. The zero-order valence-corrected chi connectivity index (χ0v) is 5.17. The predicted octanol–water partition coefficient (Wildman–Crippen LogP) is 0.104. The molecular weight excluding hydrogens is 102 g/mol. The quantitative estimate of drug-likeness (QED) is 0.536. The molecule has 1 aliphatic carbocycles. The van der Waals surface area contributed by atoms with Gasteiger partial charge in [0, 0.05) is 6.04 Å². The molecule has 8 heavy (non-hydrogen) atoms. The average molecular weight is 115 g/mol. The smallest absolute Gasteiger partial charge is 0.0716 e. The molecule has 1 saturated carbocycles. The summed E-state index contributed by atoms with van der Waals surface area (Å²) in [6.07, 6.45) is 2.10. The second-order valence-electron chi connectivity index (χ2n) is 2.69. The Balaban J connectivity index is 2.22. The summed E-state index contributed by atoms with van der Waals surface area (Å²) in [7, 11) is 0. The van der Waals surface area contributed by atoms with Crippen LogP contribution in [-0.2, 0) is 0 Å². The fourth-order valence-electron chi connectivity index (χ4n) is 0.867. The zero-order valence-electron chi connectivity index (χ0n) is 5.17. The molecule has 0 radical (unpaired) electrons. The Hall–Kier alpha value is -0.0800. The van der Waals surface area contributed by atoms with Gasteiger partial charge in [-0.1, -0.05) is 0 Å². The zero-order chi connectivity index (χ0) is 6.15. The van der Waals surface area contributed by atoms with Gasteiger partial charge >= 0.3 is 0 Å². The largest absolute Gasteiger partial charge is 0.391 e. The molecule has 1 aliphatic rings. The van der Waals surface area contributed by atoms with Gasteiger partial charge in [0.05, 0.1) is 6.10 Å². The number of hydrogen-bond acceptors (Lipinski definition) is 2. The first-order valence-electron chi connectivity index (χ1n) is 3.15. The van der Waals surface area contributed by atoms with Gasteiger partial charge in [0.15, 0.2) is 0 Å². The molecule has 0 aromatic carbocycles. The van der Waals surface area contributed by atoms with Crippen LogP contribution in [0.4, 0.5) is 0 Å². The molecule has 0 amide bonds. The van der Waals surface area contributed by atoms with Crippen LogP contribution in [0, 0.1) is 5.92 Å². The lowest BCUT2D eigenvalue weighted by Gasteiger charge is -2.11. The summed E-state index contributed by atoms with van der Waals surface area (Å²) in [6, 6.07) is -0.0394. The second kappa shape index (κ2) is 2.03. The minimum Gasteiger partial charge on any atom is -0.391 e. The SMILES string of the molecule is C[C@@H](N)[C@@H](O)C1CC1. The van der Waals surface area contributed by atoms with Crippen molar-refractivity contribution in [3.8, 4) is 0 Å². The van der Waals surface area contributed by atoms with Crippen molar-refractivity contribution in [2.24, 2.45) is 11.7 Å². The van der Waals surface area contributed by atoms with E-state index in [1.165, 1.54) is 12.8 Å². The Bertz CT molecular complexity index is 76.6. The van der Waals surface area contributed by atoms with Gasteiger partial charge < -0.3 is 10.8 Å². The highest BCUT2D eigenvalue weighted by Gasteiger charge is 2.31. The van der Waals surface area contributed by atoms with Gasteiger partial charge in [-0.05, 0) is 25.7 Å². The van der Waals surface area contributed by atoms with Crippen molar-refractivity contribution in [3.05, 3.63) is 0 Å². The number of rotatable bonds is 2. The number of aliphatic hydroxyl groups excluding tert-OH is 1. The first-order chi connectivity index (χ1) is 3.72. The summed E-state index contributed by atoms with van der Waals surface area (Å²) >= 11 is 0. The van der Waals surface area contributed by atoms with Crippen molar-refractivity contribution < 1.29 is 5.11 Å². The van der Waals surface area contributed by atoms with E-state index < -0.39 is 0 Å². The molecule has 1 fully saturated rings.